The van der Waals surface area contributed by atoms with E-state index >= 15 is 0 Å². The van der Waals surface area contributed by atoms with Crippen molar-refractivity contribution in [2.24, 2.45) is 5.14 Å². The third kappa shape index (κ3) is 4.41. The molecule has 0 unspecified atom stereocenters. The van der Waals surface area contributed by atoms with E-state index in [0.717, 1.165) is 27.4 Å². The normalized spacial score (nSPS) is 12.2. The zero-order valence-corrected chi connectivity index (χ0v) is 17.5. The first-order valence-corrected chi connectivity index (χ1v) is 10.9. The van der Waals surface area contributed by atoms with Crippen LogP contribution < -0.4 is 5.14 Å². The van der Waals surface area contributed by atoms with Crippen molar-refractivity contribution in [1.82, 2.24) is 14.8 Å². The molecule has 4 rings (SSSR count). The minimum atomic E-state index is -4.65. The molecular weight excluding hydrogens is 441 g/mol. The SMILES string of the molecule is Cc1cc(-c2ccncc2)cc(-c2cc(C(F)(F)F)nn2-c2ccc(S(N)(=O)=O)cc2)c1. The summed E-state index contributed by atoms with van der Waals surface area (Å²) < 4.78 is 64.6. The van der Waals surface area contributed by atoms with Crippen LogP contribution in [-0.2, 0) is 16.2 Å². The third-order valence-electron chi connectivity index (χ3n) is 4.80. The van der Waals surface area contributed by atoms with Crippen molar-refractivity contribution < 1.29 is 21.6 Å². The van der Waals surface area contributed by atoms with Gasteiger partial charge in [-0.3, -0.25) is 4.98 Å². The molecule has 4 aromatic rings. The van der Waals surface area contributed by atoms with E-state index in [9.17, 15) is 21.6 Å². The summed E-state index contributed by atoms with van der Waals surface area (Å²) in [7, 11) is -3.94. The van der Waals surface area contributed by atoms with Crippen molar-refractivity contribution >= 4 is 10.0 Å². The van der Waals surface area contributed by atoms with Crippen LogP contribution in [0.25, 0.3) is 28.1 Å². The minimum Gasteiger partial charge on any atom is -0.265 e. The highest BCUT2D eigenvalue weighted by Crippen LogP contribution is 2.35. The zero-order valence-electron chi connectivity index (χ0n) is 16.7. The second kappa shape index (κ2) is 7.88. The third-order valence-corrected chi connectivity index (χ3v) is 5.73. The van der Waals surface area contributed by atoms with Crippen molar-refractivity contribution in [2.45, 2.75) is 18.0 Å². The summed E-state index contributed by atoms with van der Waals surface area (Å²) in [6, 6.07) is 15.2. The van der Waals surface area contributed by atoms with Gasteiger partial charge >= 0.3 is 6.18 Å². The number of nitrogens with zero attached hydrogens (tertiary/aromatic N) is 3. The summed E-state index contributed by atoms with van der Waals surface area (Å²) >= 11 is 0. The lowest BCUT2D eigenvalue weighted by atomic mass is 9.99. The standard InChI is InChI=1S/C22H17F3N4O2S/c1-14-10-16(15-6-8-27-9-7-15)12-17(11-14)20-13-21(22(23,24)25)28-29(20)18-2-4-19(5-3-18)32(26,30)31/h2-13H,1H3,(H2,26,30,31). The maximum absolute atomic E-state index is 13.5. The molecule has 0 fully saturated rings. The molecule has 10 heteroatoms. The Hall–Kier alpha value is -3.50. The molecule has 0 radical (unpaired) electrons. The molecular formula is C22H17F3N4O2S. The van der Waals surface area contributed by atoms with Gasteiger partial charge in [0.05, 0.1) is 16.3 Å². The van der Waals surface area contributed by atoms with Crippen LogP contribution in [0.5, 0.6) is 0 Å². The molecule has 2 aromatic heterocycles. The molecule has 0 aliphatic carbocycles. The molecule has 0 bridgehead atoms. The highest BCUT2D eigenvalue weighted by atomic mass is 32.2. The van der Waals surface area contributed by atoms with E-state index in [1.165, 1.54) is 24.3 Å². The lowest BCUT2D eigenvalue weighted by Crippen LogP contribution is -2.12. The fourth-order valence-electron chi connectivity index (χ4n) is 3.34. The van der Waals surface area contributed by atoms with Crippen LogP contribution in [-0.4, -0.2) is 23.2 Å². The topological polar surface area (TPSA) is 90.9 Å². The number of rotatable bonds is 4. The van der Waals surface area contributed by atoms with Gasteiger partial charge in [0, 0.05) is 18.0 Å². The molecule has 32 heavy (non-hydrogen) atoms. The van der Waals surface area contributed by atoms with Gasteiger partial charge in [-0.05, 0) is 78.2 Å². The number of halogens is 3. The number of pyridine rings is 1. The average Bonchev–Trinajstić information content (AvgIpc) is 3.20. The molecule has 0 aliphatic rings. The van der Waals surface area contributed by atoms with Gasteiger partial charge in [-0.2, -0.15) is 18.3 Å². The van der Waals surface area contributed by atoms with E-state index in [-0.39, 0.29) is 16.3 Å². The summed E-state index contributed by atoms with van der Waals surface area (Å²) in [5.74, 6) is 0. The Morgan fingerprint density at radius 1 is 0.875 bits per heavy atom. The average molecular weight is 458 g/mol. The van der Waals surface area contributed by atoms with Crippen LogP contribution in [0, 0.1) is 6.92 Å². The second-order valence-electron chi connectivity index (χ2n) is 7.19. The smallest absolute Gasteiger partial charge is 0.265 e. The summed E-state index contributed by atoms with van der Waals surface area (Å²) in [5, 5.41) is 8.87. The summed E-state index contributed by atoms with van der Waals surface area (Å²) in [4.78, 5) is 3.84. The molecule has 2 heterocycles. The maximum atomic E-state index is 13.5. The van der Waals surface area contributed by atoms with E-state index in [1.807, 2.05) is 25.1 Å². The van der Waals surface area contributed by atoms with Crippen molar-refractivity contribution in [3.63, 3.8) is 0 Å². The van der Waals surface area contributed by atoms with E-state index < -0.39 is 21.9 Å². The Kier molecular flexibility index (Phi) is 5.35. The predicted octanol–water partition coefficient (Wildman–Crippen LogP) is 4.58. The fourth-order valence-corrected chi connectivity index (χ4v) is 3.86. The van der Waals surface area contributed by atoms with E-state index in [4.69, 9.17) is 5.14 Å². The highest BCUT2D eigenvalue weighted by molar-refractivity contribution is 7.89. The number of primary sulfonamides is 1. The summed E-state index contributed by atoms with van der Waals surface area (Å²) in [5.41, 5.74) is 2.46. The number of sulfonamides is 1. The van der Waals surface area contributed by atoms with E-state index in [0.29, 0.717) is 5.56 Å². The van der Waals surface area contributed by atoms with Crippen molar-refractivity contribution in [2.75, 3.05) is 0 Å². The van der Waals surface area contributed by atoms with Crippen molar-refractivity contribution in [1.29, 1.82) is 0 Å². The van der Waals surface area contributed by atoms with Crippen LogP contribution in [0.15, 0.2) is 78.0 Å². The van der Waals surface area contributed by atoms with Crippen molar-refractivity contribution in [3.05, 3.63) is 84.3 Å². The van der Waals surface area contributed by atoms with Gasteiger partial charge in [0.2, 0.25) is 10.0 Å². The van der Waals surface area contributed by atoms with Gasteiger partial charge in [-0.1, -0.05) is 6.07 Å². The molecule has 164 valence electrons. The number of aryl methyl sites for hydroxylation is 1. The first-order valence-electron chi connectivity index (χ1n) is 9.35. The lowest BCUT2D eigenvalue weighted by Gasteiger charge is -2.11. The minimum absolute atomic E-state index is 0.151. The number of benzene rings is 2. The van der Waals surface area contributed by atoms with Gasteiger partial charge in [-0.15, -0.1) is 0 Å². The zero-order chi connectivity index (χ0) is 23.1. The Balaban J connectivity index is 1.90. The Morgan fingerprint density at radius 2 is 1.50 bits per heavy atom. The molecule has 0 spiro atoms. The number of aromatic nitrogens is 3. The van der Waals surface area contributed by atoms with Crippen LogP contribution in [0.4, 0.5) is 13.2 Å². The van der Waals surface area contributed by atoms with Crippen molar-refractivity contribution in [3.8, 4) is 28.1 Å². The molecule has 0 saturated carbocycles. The Bertz CT molecular complexity index is 1380. The van der Waals surface area contributed by atoms with Gasteiger partial charge < -0.3 is 0 Å². The Morgan fingerprint density at radius 3 is 2.09 bits per heavy atom. The highest BCUT2D eigenvalue weighted by Gasteiger charge is 2.35. The quantitative estimate of drug-likeness (QED) is 0.485. The van der Waals surface area contributed by atoms with Gasteiger partial charge in [0.1, 0.15) is 0 Å². The van der Waals surface area contributed by atoms with E-state index in [2.05, 4.69) is 10.1 Å². The number of alkyl halides is 3. The monoisotopic (exact) mass is 458 g/mol. The first-order chi connectivity index (χ1) is 15.0. The number of hydrogen-bond acceptors (Lipinski definition) is 4. The molecule has 0 amide bonds. The number of hydrogen-bond donors (Lipinski definition) is 1. The summed E-state index contributed by atoms with van der Waals surface area (Å²) in [6.45, 7) is 1.85. The first kappa shape index (κ1) is 21.7. The van der Waals surface area contributed by atoms with E-state index in [1.54, 1.807) is 24.5 Å². The number of nitrogens with two attached hydrogens (primary N) is 1. The summed E-state index contributed by atoms with van der Waals surface area (Å²) in [6.07, 6.45) is -1.38. The van der Waals surface area contributed by atoms with Gasteiger partial charge in [-0.25, -0.2) is 18.2 Å². The molecule has 2 aromatic carbocycles. The van der Waals surface area contributed by atoms with Crippen LogP contribution in [0.3, 0.4) is 0 Å². The molecule has 6 nitrogen and oxygen atoms in total. The van der Waals surface area contributed by atoms with Crippen LogP contribution >= 0.6 is 0 Å². The van der Waals surface area contributed by atoms with Crippen LogP contribution in [0.1, 0.15) is 11.3 Å². The molecule has 2 N–H and O–H groups in total. The van der Waals surface area contributed by atoms with Gasteiger partial charge in [0.15, 0.2) is 5.69 Å². The van der Waals surface area contributed by atoms with Crippen LogP contribution in [0.2, 0.25) is 0 Å². The lowest BCUT2D eigenvalue weighted by molar-refractivity contribution is -0.141. The predicted molar refractivity (Wildman–Crippen MR) is 113 cm³/mol. The molecule has 0 saturated heterocycles. The molecule has 0 atom stereocenters. The maximum Gasteiger partial charge on any atom is 0.435 e. The second-order valence-corrected chi connectivity index (χ2v) is 8.75. The fraction of sp³-hybridized carbons (Fsp3) is 0.0909. The Labute approximate surface area is 182 Å². The molecule has 0 aliphatic heterocycles. The van der Waals surface area contributed by atoms with Gasteiger partial charge in [0.25, 0.3) is 0 Å². The largest absolute Gasteiger partial charge is 0.435 e.